The zero-order valence-corrected chi connectivity index (χ0v) is 29.3. The van der Waals surface area contributed by atoms with E-state index in [-0.39, 0.29) is 37.3 Å². The molecule has 3 aliphatic rings. The van der Waals surface area contributed by atoms with Crippen molar-refractivity contribution in [2.24, 2.45) is 34.5 Å². The van der Waals surface area contributed by atoms with Gasteiger partial charge in [-0.25, -0.2) is 9.59 Å². The average molecular weight is 662 g/mol. The van der Waals surface area contributed by atoms with Gasteiger partial charge in [-0.3, -0.25) is 19.2 Å². The van der Waals surface area contributed by atoms with Crippen LogP contribution < -0.4 is 21.3 Å². The quantitative estimate of drug-likeness (QED) is 0.118. The number of amides is 5. The van der Waals surface area contributed by atoms with E-state index in [1.54, 1.807) is 0 Å². The van der Waals surface area contributed by atoms with Gasteiger partial charge in [-0.1, -0.05) is 67.9 Å². The van der Waals surface area contributed by atoms with Gasteiger partial charge in [-0.05, 0) is 53.8 Å². The minimum atomic E-state index is -1.03. The smallest absolute Gasteiger partial charge is 0.434 e. The molecule has 0 spiro atoms. The number of rotatable bonds is 15. The third-order valence-electron chi connectivity index (χ3n) is 9.38. The lowest BCUT2D eigenvalue weighted by Gasteiger charge is -2.38. The molecule has 3 fully saturated rings. The lowest BCUT2D eigenvalue weighted by Crippen LogP contribution is -2.62. The van der Waals surface area contributed by atoms with Gasteiger partial charge in [0.05, 0.1) is 18.7 Å². The van der Waals surface area contributed by atoms with E-state index in [1.165, 1.54) is 11.0 Å². The van der Waals surface area contributed by atoms with Crippen molar-refractivity contribution in [3.8, 4) is 0 Å². The molecule has 13 nitrogen and oxygen atoms in total. The van der Waals surface area contributed by atoms with Gasteiger partial charge in [-0.2, -0.15) is 0 Å². The van der Waals surface area contributed by atoms with E-state index in [0.29, 0.717) is 25.5 Å². The first-order valence-electron chi connectivity index (χ1n) is 16.8. The number of ether oxygens (including phenoxy) is 2. The van der Waals surface area contributed by atoms with Crippen molar-refractivity contribution in [3.63, 3.8) is 0 Å². The van der Waals surface area contributed by atoms with Gasteiger partial charge in [0.2, 0.25) is 17.6 Å². The Morgan fingerprint density at radius 1 is 0.957 bits per heavy atom. The van der Waals surface area contributed by atoms with Crippen LogP contribution in [-0.4, -0.2) is 91.1 Å². The number of ketones is 1. The van der Waals surface area contributed by atoms with Crippen molar-refractivity contribution in [1.82, 2.24) is 26.2 Å². The molecule has 0 aromatic heterocycles. The minimum Gasteiger partial charge on any atom is -0.434 e. The second-order valence-electron chi connectivity index (χ2n) is 15.4. The molecule has 5 amide bonds. The van der Waals surface area contributed by atoms with Crippen LogP contribution in [0.1, 0.15) is 81.1 Å². The zero-order valence-electron chi connectivity index (χ0n) is 29.3. The van der Waals surface area contributed by atoms with Crippen molar-refractivity contribution in [3.05, 3.63) is 12.7 Å². The minimum absolute atomic E-state index is 0.0949. The first-order valence-corrected chi connectivity index (χ1v) is 16.8. The number of nitrogens with one attached hydrogen (secondary N) is 4. The molecule has 2 aliphatic carbocycles. The maximum atomic E-state index is 14.2. The summed E-state index contributed by atoms with van der Waals surface area (Å²) in [5.74, 6) is -1.85. The maximum Gasteiger partial charge on any atom is 0.508 e. The number of fused-ring (bicyclic) bond motifs is 1. The summed E-state index contributed by atoms with van der Waals surface area (Å²) in [5.41, 5.74) is -1.24. The Labute approximate surface area is 278 Å². The highest BCUT2D eigenvalue weighted by atomic mass is 16.7. The van der Waals surface area contributed by atoms with Crippen LogP contribution in [0.2, 0.25) is 0 Å². The molecule has 1 saturated heterocycles. The Bertz CT molecular complexity index is 1200. The van der Waals surface area contributed by atoms with Gasteiger partial charge in [0, 0.05) is 13.1 Å². The molecular weight excluding hydrogens is 606 g/mol. The zero-order chi connectivity index (χ0) is 35.3. The fourth-order valence-corrected chi connectivity index (χ4v) is 6.02. The summed E-state index contributed by atoms with van der Waals surface area (Å²) in [6, 6.07) is -4.10. The van der Waals surface area contributed by atoms with Gasteiger partial charge in [0.15, 0.2) is 0 Å². The molecule has 0 radical (unpaired) electrons. The molecule has 2 saturated carbocycles. The fourth-order valence-electron chi connectivity index (χ4n) is 6.02. The van der Waals surface area contributed by atoms with E-state index in [4.69, 9.17) is 9.47 Å². The lowest BCUT2D eigenvalue weighted by molar-refractivity contribution is -0.145. The van der Waals surface area contributed by atoms with Crippen LogP contribution in [0, 0.1) is 34.5 Å². The van der Waals surface area contributed by atoms with Crippen molar-refractivity contribution >= 4 is 35.7 Å². The molecule has 13 heteroatoms. The van der Waals surface area contributed by atoms with E-state index in [0.717, 1.165) is 12.8 Å². The summed E-state index contributed by atoms with van der Waals surface area (Å²) >= 11 is 0. The van der Waals surface area contributed by atoms with Gasteiger partial charge >= 0.3 is 12.2 Å². The number of carbonyl (C=O) groups excluding carboxylic acids is 6. The number of urea groups is 1. The van der Waals surface area contributed by atoms with Crippen LogP contribution in [0.25, 0.3) is 0 Å². The first-order chi connectivity index (χ1) is 21.9. The topological polar surface area (TPSA) is 172 Å². The molecule has 3 rings (SSSR count). The number of nitrogens with zero attached hydrogens (tertiary/aromatic N) is 1. The van der Waals surface area contributed by atoms with E-state index in [9.17, 15) is 28.8 Å². The van der Waals surface area contributed by atoms with Crippen LogP contribution >= 0.6 is 0 Å². The number of Topliss-reactive ketones (excluding diaryl/α,β-unsaturated/α-hetero) is 1. The van der Waals surface area contributed by atoms with E-state index in [2.05, 4.69) is 27.8 Å². The molecule has 0 bridgehead atoms. The lowest BCUT2D eigenvalue weighted by atomic mass is 9.85. The molecule has 0 aromatic carbocycles. The van der Waals surface area contributed by atoms with Crippen LogP contribution in [-0.2, 0) is 28.7 Å². The highest BCUT2D eigenvalue weighted by molar-refractivity contribution is 6.38. The molecule has 2 unspecified atom stereocenters. The standard InChI is InChI=1S/C34H55N5O8/c1-10-12-22(26(40)29(42)35-15-11-2)36-28(41)25-24-19(3)21(24)16-39(25)30(43)27(34(7,8)9)38-31(44)37-23(33(4,5)6)18-47-32(45)46-17-20-13-14-20/h11,19-25,27H,2,10,12-18H2,1,3-9H3,(H,35,42)(H,36,41)(H2,37,38,44)/t19-,21-,22?,23-,24+,25?,27-/m1/s1. The molecular formula is C34H55N5O8. The predicted molar refractivity (Wildman–Crippen MR) is 175 cm³/mol. The molecule has 264 valence electrons. The fraction of sp³-hybridized carbons (Fsp3) is 0.765. The molecule has 47 heavy (non-hydrogen) atoms. The van der Waals surface area contributed by atoms with Gasteiger partial charge in [-0.15, -0.1) is 6.58 Å². The third kappa shape index (κ3) is 10.2. The summed E-state index contributed by atoms with van der Waals surface area (Å²) in [6.45, 7) is 19.2. The van der Waals surface area contributed by atoms with Crippen molar-refractivity contribution < 1.29 is 38.2 Å². The predicted octanol–water partition coefficient (Wildman–Crippen LogP) is 2.93. The number of hydrogen-bond donors (Lipinski definition) is 4. The van der Waals surface area contributed by atoms with Crippen molar-refractivity contribution in [1.29, 1.82) is 0 Å². The summed E-state index contributed by atoms with van der Waals surface area (Å²) in [6.07, 6.45) is 3.55. The molecule has 4 N–H and O–H groups in total. The van der Waals surface area contributed by atoms with E-state index in [1.807, 2.05) is 55.4 Å². The highest BCUT2D eigenvalue weighted by Crippen LogP contribution is 2.55. The van der Waals surface area contributed by atoms with Crippen LogP contribution in [0.15, 0.2) is 12.7 Å². The highest BCUT2D eigenvalue weighted by Gasteiger charge is 2.63. The number of carbonyl (C=O) groups is 6. The third-order valence-corrected chi connectivity index (χ3v) is 9.38. The Morgan fingerprint density at radius 2 is 1.62 bits per heavy atom. The summed E-state index contributed by atoms with van der Waals surface area (Å²) in [7, 11) is 0. The molecule has 7 atom stereocenters. The van der Waals surface area contributed by atoms with Crippen molar-refractivity contribution in [2.45, 2.75) is 105 Å². The average Bonchev–Trinajstić information content (AvgIpc) is 3.88. The molecule has 1 heterocycles. The Kier molecular flexibility index (Phi) is 12.5. The largest absolute Gasteiger partial charge is 0.508 e. The summed E-state index contributed by atoms with van der Waals surface area (Å²) in [5, 5.41) is 10.9. The van der Waals surface area contributed by atoms with Crippen LogP contribution in [0.4, 0.5) is 9.59 Å². The SMILES string of the molecule is C=CCNC(=O)C(=O)C(CCC)NC(=O)C1[C@H]2[C@H](C)[C@H]2CN1C(=O)[C@@H](NC(=O)N[C@H](COC(=O)OCC1CC1)C(C)(C)C)C(C)(C)C. The second kappa shape index (κ2) is 15.5. The first kappa shape index (κ1) is 37.8. The second-order valence-corrected chi connectivity index (χ2v) is 15.4. The number of likely N-dealkylation sites (tertiary alicyclic amines) is 1. The Morgan fingerprint density at radius 3 is 2.17 bits per heavy atom. The Hall–Kier alpha value is -3.64. The number of hydrogen-bond acceptors (Lipinski definition) is 8. The van der Waals surface area contributed by atoms with Gasteiger partial charge in [0.1, 0.15) is 18.7 Å². The number of piperidine rings is 1. The van der Waals surface area contributed by atoms with Crippen LogP contribution in [0.3, 0.4) is 0 Å². The molecule has 0 aromatic rings. The monoisotopic (exact) mass is 661 g/mol. The summed E-state index contributed by atoms with van der Waals surface area (Å²) < 4.78 is 10.4. The summed E-state index contributed by atoms with van der Waals surface area (Å²) in [4.78, 5) is 80.2. The Balaban J connectivity index is 1.72. The van der Waals surface area contributed by atoms with Crippen molar-refractivity contribution in [2.75, 3.05) is 26.3 Å². The van der Waals surface area contributed by atoms with E-state index >= 15 is 0 Å². The molecule has 1 aliphatic heterocycles. The normalized spacial score (nSPS) is 23.7. The van der Waals surface area contributed by atoms with E-state index < -0.39 is 70.7 Å². The van der Waals surface area contributed by atoms with Gasteiger partial charge < -0.3 is 35.6 Å². The van der Waals surface area contributed by atoms with Crippen LogP contribution in [0.5, 0.6) is 0 Å². The maximum absolute atomic E-state index is 14.2. The van der Waals surface area contributed by atoms with Gasteiger partial charge in [0.25, 0.3) is 5.91 Å².